The molecule has 2 aromatic rings. The number of hydrogen-bond acceptors (Lipinski definition) is 3. The van der Waals surface area contributed by atoms with E-state index in [0.717, 1.165) is 25.2 Å². The highest BCUT2D eigenvalue weighted by molar-refractivity contribution is 5.85. The van der Waals surface area contributed by atoms with Crippen molar-refractivity contribution in [3.05, 3.63) is 71.3 Å². The van der Waals surface area contributed by atoms with Gasteiger partial charge in [-0.3, -0.25) is 14.5 Å². The SMILES string of the molecule is Cc1cccc(CN2CCN(C(=O)CNC(=O)Cc3ccccc3)CC2)c1. The van der Waals surface area contributed by atoms with Gasteiger partial charge in [-0.25, -0.2) is 0 Å². The Morgan fingerprint density at radius 2 is 1.63 bits per heavy atom. The Labute approximate surface area is 161 Å². The molecule has 142 valence electrons. The summed E-state index contributed by atoms with van der Waals surface area (Å²) in [5.41, 5.74) is 3.53. The van der Waals surface area contributed by atoms with Crippen LogP contribution in [0.2, 0.25) is 0 Å². The third-order valence-electron chi connectivity index (χ3n) is 4.86. The van der Waals surface area contributed by atoms with Crippen molar-refractivity contribution in [1.82, 2.24) is 15.1 Å². The molecule has 1 aliphatic rings. The molecule has 1 heterocycles. The zero-order chi connectivity index (χ0) is 19.1. The molecule has 0 spiro atoms. The molecule has 27 heavy (non-hydrogen) atoms. The lowest BCUT2D eigenvalue weighted by Crippen LogP contribution is -2.50. The van der Waals surface area contributed by atoms with E-state index in [1.54, 1.807) is 0 Å². The van der Waals surface area contributed by atoms with Crippen LogP contribution in [0.4, 0.5) is 0 Å². The number of carbonyl (C=O) groups excluding carboxylic acids is 2. The van der Waals surface area contributed by atoms with E-state index >= 15 is 0 Å². The van der Waals surface area contributed by atoms with Crippen LogP contribution < -0.4 is 5.32 Å². The van der Waals surface area contributed by atoms with Crippen molar-refractivity contribution in [1.29, 1.82) is 0 Å². The number of benzene rings is 2. The van der Waals surface area contributed by atoms with Gasteiger partial charge in [-0.05, 0) is 18.1 Å². The molecule has 0 aliphatic carbocycles. The van der Waals surface area contributed by atoms with Crippen molar-refractivity contribution in [2.75, 3.05) is 32.7 Å². The maximum absolute atomic E-state index is 12.4. The summed E-state index contributed by atoms with van der Waals surface area (Å²) in [6.07, 6.45) is 0.304. The van der Waals surface area contributed by atoms with Gasteiger partial charge in [-0.1, -0.05) is 60.2 Å². The predicted molar refractivity (Wildman–Crippen MR) is 106 cm³/mol. The fraction of sp³-hybridized carbons (Fsp3) is 0.364. The maximum atomic E-state index is 12.4. The molecule has 0 radical (unpaired) electrons. The van der Waals surface area contributed by atoms with Crippen molar-refractivity contribution in [3.63, 3.8) is 0 Å². The van der Waals surface area contributed by atoms with Gasteiger partial charge < -0.3 is 10.2 Å². The third-order valence-corrected chi connectivity index (χ3v) is 4.86. The second kappa shape index (κ2) is 9.33. The fourth-order valence-corrected chi connectivity index (χ4v) is 3.35. The van der Waals surface area contributed by atoms with Crippen LogP contribution in [0.5, 0.6) is 0 Å². The molecular formula is C22H27N3O2. The lowest BCUT2D eigenvalue weighted by Gasteiger charge is -2.34. The van der Waals surface area contributed by atoms with Crippen LogP contribution in [0.25, 0.3) is 0 Å². The Morgan fingerprint density at radius 3 is 2.33 bits per heavy atom. The highest BCUT2D eigenvalue weighted by Crippen LogP contribution is 2.10. The average Bonchev–Trinajstić information content (AvgIpc) is 2.67. The molecule has 0 saturated carbocycles. The highest BCUT2D eigenvalue weighted by Gasteiger charge is 2.21. The van der Waals surface area contributed by atoms with E-state index in [1.807, 2.05) is 35.2 Å². The zero-order valence-corrected chi connectivity index (χ0v) is 15.9. The Bertz CT molecular complexity index is 768. The molecule has 5 nitrogen and oxygen atoms in total. The van der Waals surface area contributed by atoms with Crippen molar-refractivity contribution in [2.24, 2.45) is 0 Å². The Hall–Kier alpha value is -2.66. The predicted octanol–water partition coefficient (Wildman–Crippen LogP) is 2.00. The van der Waals surface area contributed by atoms with Crippen molar-refractivity contribution < 1.29 is 9.59 Å². The van der Waals surface area contributed by atoms with Gasteiger partial charge in [0.25, 0.3) is 0 Å². The molecule has 1 N–H and O–H groups in total. The first kappa shape index (κ1) is 19.1. The molecule has 5 heteroatoms. The Kier molecular flexibility index (Phi) is 6.60. The summed E-state index contributed by atoms with van der Waals surface area (Å²) in [6, 6.07) is 18.1. The molecule has 2 aromatic carbocycles. The first-order valence-electron chi connectivity index (χ1n) is 9.46. The first-order chi connectivity index (χ1) is 13.1. The van der Waals surface area contributed by atoms with Crippen LogP contribution in [0.3, 0.4) is 0 Å². The van der Waals surface area contributed by atoms with Crippen LogP contribution in [0, 0.1) is 6.92 Å². The molecule has 0 unspecified atom stereocenters. The minimum atomic E-state index is -0.118. The summed E-state index contributed by atoms with van der Waals surface area (Å²) in [6.45, 7) is 6.22. The smallest absolute Gasteiger partial charge is 0.242 e. The number of nitrogens with one attached hydrogen (secondary N) is 1. The van der Waals surface area contributed by atoms with E-state index in [-0.39, 0.29) is 18.4 Å². The van der Waals surface area contributed by atoms with Crippen molar-refractivity contribution >= 4 is 11.8 Å². The molecule has 0 aromatic heterocycles. The van der Waals surface area contributed by atoms with E-state index in [9.17, 15) is 9.59 Å². The quantitative estimate of drug-likeness (QED) is 0.852. The van der Waals surface area contributed by atoms with Crippen molar-refractivity contribution in [2.45, 2.75) is 19.9 Å². The first-order valence-corrected chi connectivity index (χ1v) is 9.46. The van der Waals surface area contributed by atoms with Crippen LogP contribution in [0.1, 0.15) is 16.7 Å². The summed E-state index contributed by atoms with van der Waals surface area (Å²) in [5, 5.41) is 2.74. The number of hydrogen-bond donors (Lipinski definition) is 1. The largest absolute Gasteiger partial charge is 0.347 e. The normalized spacial score (nSPS) is 14.8. The zero-order valence-electron chi connectivity index (χ0n) is 15.9. The van der Waals surface area contributed by atoms with Gasteiger partial charge in [0.2, 0.25) is 11.8 Å². The maximum Gasteiger partial charge on any atom is 0.242 e. The van der Waals surface area contributed by atoms with E-state index in [0.29, 0.717) is 19.5 Å². The second-order valence-electron chi connectivity index (χ2n) is 7.09. The lowest BCUT2D eigenvalue weighted by molar-refractivity contribution is -0.134. The standard InChI is InChI=1S/C22H27N3O2/c1-18-6-5-9-20(14-18)17-24-10-12-25(13-11-24)22(27)16-23-21(26)15-19-7-3-2-4-8-19/h2-9,14H,10-13,15-17H2,1H3,(H,23,26). The molecule has 1 aliphatic heterocycles. The third kappa shape index (κ3) is 5.93. The number of rotatable bonds is 6. The second-order valence-corrected chi connectivity index (χ2v) is 7.09. The van der Waals surface area contributed by atoms with E-state index in [2.05, 4.69) is 41.4 Å². The number of nitrogens with zero attached hydrogens (tertiary/aromatic N) is 2. The Balaban J connectivity index is 1.38. The average molecular weight is 365 g/mol. The lowest BCUT2D eigenvalue weighted by atomic mass is 10.1. The molecule has 3 rings (SSSR count). The van der Waals surface area contributed by atoms with E-state index in [1.165, 1.54) is 11.1 Å². The van der Waals surface area contributed by atoms with Gasteiger partial charge in [0.05, 0.1) is 13.0 Å². The molecular weight excluding hydrogens is 338 g/mol. The molecule has 0 bridgehead atoms. The van der Waals surface area contributed by atoms with Crippen LogP contribution in [-0.2, 0) is 22.6 Å². The number of carbonyl (C=O) groups is 2. The van der Waals surface area contributed by atoms with E-state index in [4.69, 9.17) is 0 Å². The summed E-state index contributed by atoms with van der Waals surface area (Å²) >= 11 is 0. The van der Waals surface area contributed by atoms with Crippen molar-refractivity contribution in [3.8, 4) is 0 Å². The highest BCUT2D eigenvalue weighted by atomic mass is 16.2. The minimum Gasteiger partial charge on any atom is -0.347 e. The molecule has 2 amide bonds. The fourth-order valence-electron chi connectivity index (χ4n) is 3.35. The Morgan fingerprint density at radius 1 is 0.926 bits per heavy atom. The molecule has 0 atom stereocenters. The van der Waals surface area contributed by atoms with E-state index < -0.39 is 0 Å². The summed E-state index contributed by atoms with van der Waals surface area (Å²) < 4.78 is 0. The summed E-state index contributed by atoms with van der Waals surface area (Å²) in [5.74, 6) is -0.126. The summed E-state index contributed by atoms with van der Waals surface area (Å²) in [4.78, 5) is 28.6. The minimum absolute atomic E-state index is 0.00776. The van der Waals surface area contributed by atoms with Gasteiger partial charge in [0.15, 0.2) is 0 Å². The van der Waals surface area contributed by atoms with Gasteiger partial charge >= 0.3 is 0 Å². The number of piperazine rings is 1. The molecule has 1 saturated heterocycles. The summed E-state index contributed by atoms with van der Waals surface area (Å²) in [7, 11) is 0. The van der Waals surface area contributed by atoms with Gasteiger partial charge in [-0.2, -0.15) is 0 Å². The van der Waals surface area contributed by atoms with Crippen LogP contribution in [-0.4, -0.2) is 54.3 Å². The van der Waals surface area contributed by atoms with Gasteiger partial charge in [-0.15, -0.1) is 0 Å². The van der Waals surface area contributed by atoms with Crippen LogP contribution in [0.15, 0.2) is 54.6 Å². The van der Waals surface area contributed by atoms with Gasteiger partial charge in [0, 0.05) is 32.7 Å². The monoisotopic (exact) mass is 365 g/mol. The topological polar surface area (TPSA) is 52.6 Å². The molecule has 1 fully saturated rings. The van der Waals surface area contributed by atoms with Gasteiger partial charge in [0.1, 0.15) is 0 Å². The van der Waals surface area contributed by atoms with Crippen LogP contribution >= 0.6 is 0 Å². The number of aryl methyl sites for hydroxylation is 1. The number of amides is 2.